The predicted octanol–water partition coefficient (Wildman–Crippen LogP) is 2.64. The Morgan fingerprint density at radius 3 is 2.50 bits per heavy atom. The predicted molar refractivity (Wildman–Crippen MR) is 96.5 cm³/mol. The van der Waals surface area contributed by atoms with Crippen molar-refractivity contribution in [1.82, 2.24) is 4.31 Å². The number of nitrogens with zero attached hydrogens (tertiary/aromatic N) is 1. The van der Waals surface area contributed by atoms with Crippen molar-refractivity contribution in [2.45, 2.75) is 17.2 Å². The van der Waals surface area contributed by atoms with E-state index in [1.165, 1.54) is 0 Å². The Morgan fingerprint density at radius 2 is 1.77 bits per heavy atom. The number of sulfonamides is 1. The Morgan fingerprint density at radius 1 is 1.04 bits per heavy atom. The minimum absolute atomic E-state index is 0.188. The largest absolute Gasteiger partial charge is 0.497 e. The molecular formula is C19H21NO5S. The first-order chi connectivity index (χ1) is 12.6. The van der Waals surface area contributed by atoms with E-state index in [1.54, 1.807) is 29.6 Å². The highest BCUT2D eigenvalue weighted by molar-refractivity contribution is 7.89. The molecule has 6 nitrogen and oxygen atoms in total. The summed E-state index contributed by atoms with van der Waals surface area (Å²) in [6, 6.07) is 12.6. The van der Waals surface area contributed by atoms with Crippen molar-refractivity contribution >= 4 is 10.0 Å². The van der Waals surface area contributed by atoms with Crippen LogP contribution >= 0.6 is 0 Å². The summed E-state index contributed by atoms with van der Waals surface area (Å²) in [5.74, 6) is 2.07. The van der Waals surface area contributed by atoms with E-state index in [0.717, 1.165) is 17.7 Å². The summed E-state index contributed by atoms with van der Waals surface area (Å²) in [5, 5.41) is 0. The number of rotatable bonds is 4. The van der Waals surface area contributed by atoms with Crippen molar-refractivity contribution in [2.24, 2.45) is 0 Å². The highest BCUT2D eigenvalue weighted by Crippen LogP contribution is 2.36. The number of hydrogen-bond donors (Lipinski definition) is 0. The Hall–Kier alpha value is -2.25. The summed E-state index contributed by atoms with van der Waals surface area (Å²) in [5.41, 5.74) is 1.13. The lowest BCUT2D eigenvalue weighted by molar-refractivity contribution is 0.171. The van der Waals surface area contributed by atoms with Crippen molar-refractivity contribution in [3.8, 4) is 17.2 Å². The molecular weight excluding hydrogens is 354 g/mol. The molecule has 2 aliphatic heterocycles. The monoisotopic (exact) mass is 375 g/mol. The zero-order chi connectivity index (χ0) is 18.1. The van der Waals surface area contributed by atoms with Crippen LogP contribution in [-0.4, -0.2) is 46.1 Å². The van der Waals surface area contributed by atoms with E-state index in [1.807, 2.05) is 24.3 Å². The summed E-state index contributed by atoms with van der Waals surface area (Å²) in [6.45, 7) is 1.89. The van der Waals surface area contributed by atoms with Crippen LogP contribution in [0.3, 0.4) is 0 Å². The van der Waals surface area contributed by atoms with Crippen molar-refractivity contribution < 1.29 is 22.6 Å². The second-order valence-corrected chi connectivity index (χ2v) is 8.37. The Balaban J connectivity index is 1.53. The van der Waals surface area contributed by atoms with E-state index in [4.69, 9.17) is 14.2 Å². The highest BCUT2D eigenvalue weighted by atomic mass is 32.2. The fourth-order valence-corrected chi connectivity index (χ4v) is 4.94. The maximum absolute atomic E-state index is 13.0. The zero-order valence-corrected chi connectivity index (χ0v) is 15.4. The summed E-state index contributed by atoms with van der Waals surface area (Å²) >= 11 is 0. The average Bonchev–Trinajstić information content (AvgIpc) is 3.19. The van der Waals surface area contributed by atoms with Crippen LogP contribution in [0, 0.1) is 0 Å². The maximum atomic E-state index is 13.0. The second-order valence-electron chi connectivity index (χ2n) is 6.43. The molecule has 0 N–H and O–H groups in total. The standard InChI is InChI=1S/C19H21NO5S/c1-23-16-4-2-14(3-5-16)15-8-9-20(13-15)26(21,22)17-6-7-18-19(12-17)25-11-10-24-18/h2-7,12,15H,8-11,13H2,1H3. The third-order valence-electron chi connectivity index (χ3n) is 4.89. The van der Waals surface area contributed by atoms with Crippen molar-refractivity contribution in [2.75, 3.05) is 33.4 Å². The Kier molecular flexibility index (Phi) is 4.50. The summed E-state index contributed by atoms with van der Waals surface area (Å²) in [6.07, 6.45) is 0.802. The smallest absolute Gasteiger partial charge is 0.243 e. The van der Waals surface area contributed by atoms with Gasteiger partial charge in [-0.25, -0.2) is 8.42 Å². The third kappa shape index (κ3) is 3.12. The molecule has 0 bridgehead atoms. The quantitative estimate of drug-likeness (QED) is 0.822. The SMILES string of the molecule is COc1ccc(C2CCN(S(=O)(=O)c3ccc4c(c3)OCCO4)C2)cc1. The first-order valence-electron chi connectivity index (χ1n) is 8.62. The molecule has 0 amide bonds. The van der Waals surface area contributed by atoms with Gasteiger partial charge in [-0.15, -0.1) is 0 Å². The zero-order valence-electron chi connectivity index (χ0n) is 14.6. The van der Waals surface area contributed by atoms with E-state index in [2.05, 4.69) is 0 Å². The van der Waals surface area contributed by atoms with Crippen LogP contribution < -0.4 is 14.2 Å². The molecule has 0 radical (unpaired) electrons. The summed E-state index contributed by atoms with van der Waals surface area (Å²) in [4.78, 5) is 0.247. The molecule has 1 fully saturated rings. The molecule has 138 valence electrons. The first kappa shape index (κ1) is 17.2. The van der Waals surface area contributed by atoms with Gasteiger partial charge in [-0.3, -0.25) is 0 Å². The van der Waals surface area contributed by atoms with Gasteiger partial charge in [0, 0.05) is 19.2 Å². The molecule has 0 spiro atoms. The number of fused-ring (bicyclic) bond motifs is 1. The Bertz CT molecular complexity index is 895. The van der Waals surface area contributed by atoms with Crippen LogP contribution in [0.1, 0.15) is 17.9 Å². The van der Waals surface area contributed by atoms with Gasteiger partial charge in [-0.1, -0.05) is 12.1 Å². The Labute approximate surface area is 153 Å². The molecule has 0 saturated carbocycles. The molecule has 2 heterocycles. The van der Waals surface area contributed by atoms with Gasteiger partial charge >= 0.3 is 0 Å². The van der Waals surface area contributed by atoms with Gasteiger partial charge in [0.05, 0.1) is 12.0 Å². The van der Waals surface area contributed by atoms with E-state index >= 15 is 0 Å². The topological polar surface area (TPSA) is 65.1 Å². The number of benzene rings is 2. The lowest BCUT2D eigenvalue weighted by Crippen LogP contribution is -2.29. The fourth-order valence-electron chi connectivity index (χ4n) is 3.43. The molecule has 2 aromatic rings. The minimum Gasteiger partial charge on any atom is -0.497 e. The minimum atomic E-state index is -3.55. The number of hydrogen-bond acceptors (Lipinski definition) is 5. The molecule has 1 unspecified atom stereocenters. The van der Waals surface area contributed by atoms with Crippen LogP contribution in [0.4, 0.5) is 0 Å². The maximum Gasteiger partial charge on any atom is 0.243 e. The van der Waals surface area contributed by atoms with Gasteiger partial charge in [0.25, 0.3) is 0 Å². The molecule has 0 aromatic heterocycles. The normalized spacial score (nSPS) is 20.1. The molecule has 7 heteroatoms. The average molecular weight is 375 g/mol. The van der Waals surface area contributed by atoms with E-state index in [9.17, 15) is 8.42 Å². The molecule has 1 saturated heterocycles. The number of methoxy groups -OCH3 is 1. The summed E-state index contributed by atoms with van der Waals surface area (Å²) in [7, 11) is -1.92. The lowest BCUT2D eigenvalue weighted by atomic mass is 9.99. The lowest BCUT2D eigenvalue weighted by Gasteiger charge is -2.21. The van der Waals surface area contributed by atoms with Crippen LogP contribution in [-0.2, 0) is 10.0 Å². The molecule has 0 aliphatic carbocycles. The van der Waals surface area contributed by atoms with Crippen LogP contribution in [0.15, 0.2) is 47.4 Å². The van der Waals surface area contributed by atoms with Gasteiger partial charge in [0.1, 0.15) is 19.0 Å². The fraction of sp³-hybridized carbons (Fsp3) is 0.368. The molecule has 26 heavy (non-hydrogen) atoms. The summed E-state index contributed by atoms with van der Waals surface area (Å²) < 4.78 is 43.7. The van der Waals surface area contributed by atoms with Crippen LogP contribution in [0.25, 0.3) is 0 Å². The number of ether oxygens (including phenoxy) is 3. The molecule has 2 aliphatic rings. The van der Waals surface area contributed by atoms with Gasteiger partial charge in [0.2, 0.25) is 10.0 Å². The van der Waals surface area contributed by atoms with Crippen LogP contribution in [0.5, 0.6) is 17.2 Å². The van der Waals surface area contributed by atoms with E-state index in [-0.39, 0.29) is 10.8 Å². The van der Waals surface area contributed by atoms with E-state index in [0.29, 0.717) is 37.8 Å². The van der Waals surface area contributed by atoms with Gasteiger partial charge in [-0.05, 0) is 42.2 Å². The van der Waals surface area contributed by atoms with Crippen LogP contribution in [0.2, 0.25) is 0 Å². The molecule has 2 aromatic carbocycles. The van der Waals surface area contributed by atoms with Crippen molar-refractivity contribution in [3.05, 3.63) is 48.0 Å². The highest BCUT2D eigenvalue weighted by Gasteiger charge is 2.34. The third-order valence-corrected chi connectivity index (χ3v) is 6.75. The van der Waals surface area contributed by atoms with Gasteiger partial charge in [-0.2, -0.15) is 4.31 Å². The van der Waals surface area contributed by atoms with Crippen molar-refractivity contribution in [3.63, 3.8) is 0 Å². The van der Waals surface area contributed by atoms with E-state index < -0.39 is 10.0 Å². The molecule has 4 rings (SSSR count). The van der Waals surface area contributed by atoms with Crippen molar-refractivity contribution in [1.29, 1.82) is 0 Å². The van der Waals surface area contributed by atoms with Gasteiger partial charge < -0.3 is 14.2 Å². The first-order valence-corrected chi connectivity index (χ1v) is 10.1. The second kappa shape index (κ2) is 6.81. The van der Waals surface area contributed by atoms with Gasteiger partial charge in [0.15, 0.2) is 11.5 Å². The molecule has 1 atom stereocenters.